The third kappa shape index (κ3) is 4.57. The molecule has 1 fully saturated rings. The Hall–Kier alpha value is -2.49. The fourth-order valence-corrected chi connectivity index (χ4v) is 2.87. The first-order valence-electron chi connectivity index (χ1n) is 8.21. The van der Waals surface area contributed by atoms with Gasteiger partial charge in [0.1, 0.15) is 0 Å². The summed E-state index contributed by atoms with van der Waals surface area (Å²) in [7, 11) is 0. The van der Waals surface area contributed by atoms with E-state index in [1.807, 2.05) is 24.3 Å². The van der Waals surface area contributed by atoms with E-state index in [0.29, 0.717) is 37.7 Å². The summed E-state index contributed by atoms with van der Waals surface area (Å²) in [6.45, 7) is 2.36. The normalized spacial score (nSPS) is 16.6. The molecule has 10 heteroatoms. The number of hydrogen-bond donors (Lipinski definition) is 0. The molecule has 1 saturated heterocycles. The van der Waals surface area contributed by atoms with Crippen LogP contribution < -0.4 is 0 Å². The maximum Gasteiger partial charge on any atom is 0.492 e. The zero-order valence-electron chi connectivity index (χ0n) is 14.1. The monoisotopic (exact) mass is 369 g/mol. The van der Waals surface area contributed by atoms with Gasteiger partial charge < -0.3 is 4.84 Å². The molecule has 0 radical (unpaired) electrons. The Morgan fingerprint density at radius 2 is 1.88 bits per heavy atom. The number of alkyl halides is 3. The molecule has 2 aromatic rings. The first-order valence-corrected chi connectivity index (χ1v) is 8.21. The Bertz CT molecular complexity index is 752. The third-order valence-electron chi connectivity index (χ3n) is 4.22. The fraction of sp³-hybridized carbons (Fsp3) is 0.500. The van der Waals surface area contributed by atoms with E-state index in [-0.39, 0.29) is 0 Å². The van der Waals surface area contributed by atoms with Gasteiger partial charge in [-0.25, -0.2) is 4.79 Å². The van der Waals surface area contributed by atoms with Crippen molar-refractivity contribution < 1.29 is 22.8 Å². The van der Waals surface area contributed by atoms with Gasteiger partial charge in [-0.2, -0.15) is 13.2 Å². The standard InChI is InChI=1S/C16H18F3N5O2/c1-11-20-22-24(21-11)14-4-2-12(3-5-14)10-13-6-8-23(9-7-13)26-15(25)16(17,18)19/h2-5,13H,6-10H2,1H3. The van der Waals surface area contributed by atoms with Crippen molar-refractivity contribution in [1.29, 1.82) is 0 Å². The zero-order chi connectivity index (χ0) is 18.7. The second-order valence-electron chi connectivity index (χ2n) is 6.25. The van der Waals surface area contributed by atoms with Crippen LogP contribution in [0.4, 0.5) is 13.2 Å². The molecule has 0 spiro atoms. The minimum absolute atomic E-state index is 0.298. The Kier molecular flexibility index (Phi) is 5.21. The second kappa shape index (κ2) is 7.40. The molecule has 1 aromatic carbocycles. The predicted molar refractivity (Wildman–Crippen MR) is 84.0 cm³/mol. The van der Waals surface area contributed by atoms with E-state index >= 15 is 0 Å². The van der Waals surface area contributed by atoms with Crippen LogP contribution >= 0.6 is 0 Å². The molecule has 0 unspecified atom stereocenters. The quantitative estimate of drug-likeness (QED) is 0.823. The molecule has 0 bridgehead atoms. The molecule has 1 aliphatic heterocycles. The number of halogens is 3. The number of benzene rings is 1. The lowest BCUT2D eigenvalue weighted by atomic mass is 9.91. The van der Waals surface area contributed by atoms with Gasteiger partial charge in [-0.1, -0.05) is 12.1 Å². The largest absolute Gasteiger partial charge is 0.492 e. The Balaban J connectivity index is 1.49. The van der Waals surface area contributed by atoms with E-state index in [0.717, 1.165) is 22.7 Å². The van der Waals surface area contributed by atoms with Crippen molar-refractivity contribution in [3.05, 3.63) is 35.7 Å². The number of piperidine rings is 1. The molecule has 0 amide bonds. The second-order valence-corrected chi connectivity index (χ2v) is 6.25. The molecule has 0 atom stereocenters. The number of nitrogens with zero attached hydrogens (tertiary/aromatic N) is 5. The first kappa shape index (κ1) is 18.3. The van der Waals surface area contributed by atoms with Gasteiger partial charge in [-0.3, -0.25) is 0 Å². The molecule has 3 rings (SSSR count). The van der Waals surface area contributed by atoms with Gasteiger partial charge in [0.2, 0.25) is 0 Å². The first-order chi connectivity index (χ1) is 12.3. The SMILES string of the molecule is Cc1nnn(-c2ccc(CC3CCN(OC(=O)C(F)(F)F)CC3)cc2)n1. The summed E-state index contributed by atoms with van der Waals surface area (Å²) in [5.74, 6) is -1.25. The number of carbonyl (C=O) groups excluding carboxylic acids is 1. The number of rotatable bonds is 4. The van der Waals surface area contributed by atoms with Crippen LogP contribution in [0.3, 0.4) is 0 Å². The van der Waals surface area contributed by atoms with Crippen molar-refractivity contribution in [3.8, 4) is 5.69 Å². The number of hydrogen-bond acceptors (Lipinski definition) is 6. The molecule has 26 heavy (non-hydrogen) atoms. The summed E-state index contributed by atoms with van der Waals surface area (Å²) < 4.78 is 36.6. The van der Waals surface area contributed by atoms with E-state index < -0.39 is 12.1 Å². The van der Waals surface area contributed by atoms with Crippen LogP contribution in [0.2, 0.25) is 0 Å². The number of carbonyl (C=O) groups is 1. The van der Waals surface area contributed by atoms with E-state index in [4.69, 9.17) is 0 Å². The molecule has 140 valence electrons. The lowest BCUT2D eigenvalue weighted by Gasteiger charge is -2.30. The average molecular weight is 369 g/mol. The molecule has 0 aliphatic carbocycles. The molecular formula is C16H18F3N5O2. The summed E-state index contributed by atoms with van der Waals surface area (Å²) in [6, 6.07) is 7.75. The summed E-state index contributed by atoms with van der Waals surface area (Å²) in [4.78, 5) is 16.7. The van der Waals surface area contributed by atoms with Crippen LogP contribution in [0, 0.1) is 12.8 Å². The molecule has 1 aromatic heterocycles. The summed E-state index contributed by atoms with van der Waals surface area (Å²) in [6.07, 6.45) is -2.82. The van der Waals surface area contributed by atoms with Gasteiger partial charge in [-0.05, 0) is 55.0 Å². The van der Waals surface area contributed by atoms with Crippen molar-refractivity contribution in [1.82, 2.24) is 25.3 Å². The van der Waals surface area contributed by atoms with E-state index in [1.54, 1.807) is 6.92 Å². The van der Waals surface area contributed by atoms with Gasteiger partial charge in [0.15, 0.2) is 5.82 Å². The van der Waals surface area contributed by atoms with E-state index in [2.05, 4.69) is 20.2 Å². The lowest BCUT2D eigenvalue weighted by molar-refractivity contribution is -0.242. The topological polar surface area (TPSA) is 73.1 Å². The number of aryl methyl sites for hydroxylation is 1. The highest BCUT2D eigenvalue weighted by Gasteiger charge is 2.42. The highest BCUT2D eigenvalue weighted by molar-refractivity contribution is 5.75. The molecule has 1 aliphatic rings. The van der Waals surface area contributed by atoms with Gasteiger partial charge >= 0.3 is 12.1 Å². The van der Waals surface area contributed by atoms with Crippen LogP contribution in [0.1, 0.15) is 24.2 Å². The lowest BCUT2D eigenvalue weighted by Crippen LogP contribution is -2.39. The maximum absolute atomic E-state index is 12.2. The predicted octanol–water partition coefficient (Wildman–Crippen LogP) is 2.25. The highest BCUT2D eigenvalue weighted by Crippen LogP contribution is 2.24. The van der Waals surface area contributed by atoms with Crippen molar-refractivity contribution in [3.63, 3.8) is 0 Å². The molecular weight excluding hydrogens is 351 g/mol. The van der Waals surface area contributed by atoms with E-state index in [1.165, 1.54) is 4.80 Å². The maximum atomic E-state index is 12.2. The van der Waals surface area contributed by atoms with Gasteiger partial charge in [0.05, 0.1) is 5.69 Å². The van der Waals surface area contributed by atoms with Crippen LogP contribution in [0.25, 0.3) is 5.69 Å². The summed E-state index contributed by atoms with van der Waals surface area (Å²) in [5, 5.41) is 13.0. The number of hydroxylamine groups is 2. The van der Waals surface area contributed by atoms with Gasteiger partial charge in [0, 0.05) is 13.1 Å². The number of tetrazole rings is 1. The van der Waals surface area contributed by atoms with Crippen molar-refractivity contribution in [2.24, 2.45) is 5.92 Å². The van der Waals surface area contributed by atoms with E-state index in [9.17, 15) is 18.0 Å². The smallest absolute Gasteiger partial charge is 0.361 e. The molecule has 0 N–H and O–H groups in total. The van der Waals surface area contributed by atoms with Gasteiger partial charge in [0.25, 0.3) is 0 Å². The molecule has 2 heterocycles. The van der Waals surface area contributed by atoms with Crippen molar-refractivity contribution >= 4 is 5.97 Å². The third-order valence-corrected chi connectivity index (χ3v) is 4.22. The van der Waals surface area contributed by atoms with Crippen molar-refractivity contribution in [2.75, 3.05) is 13.1 Å². The van der Waals surface area contributed by atoms with Crippen LogP contribution in [-0.2, 0) is 16.1 Å². The number of aromatic nitrogens is 4. The minimum Gasteiger partial charge on any atom is -0.361 e. The summed E-state index contributed by atoms with van der Waals surface area (Å²) >= 11 is 0. The minimum atomic E-state index is -4.96. The highest BCUT2D eigenvalue weighted by atomic mass is 19.4. The molecule has 0 saturated carbocycles. The van der Waals surface area contributed by atoms with Crippen LogP contribution in [0.5, 0.6) is 0 Å². The Morgan fingerprint density at radius 3 is 2.42 bits per heavy atom. The fourth-order valence-electron chi connectivity index (χ4n) is 2.87. The Morgan fingerprint density at radius 1 is 1.23 bits per heavy atom. The molecule has 7 nitrogen and oxygen atoms in total. The Labute approximate surface area is 147 Å². The van der Waals surface area contributed by atoms with Crippen molar-refractivity contribution in [2.45, 2.75) is 32.4 Å². The summed E-state index contributed by atoms with van der Waals surface area (Å²) in [5.41, 5.74) is 1.93. The zero-order valence-corrected chi connectivity index (χ0v) is 14.1. The van der Waals surface area contributed by atoms with Crippen LogP contribution in [0.15, 0.2) is 24.3 Å². The average Bonchev–Trinajstić information content (AvgIpc) is 3.03. The van der Waals surface area contributed by atoms with Crippen LogP contribution in [-0.4, -0.2) is 50.5 Å². The van der Waals surface area contributed by atoms with Gasteiger partial charge in [-0.15, -0.1) is 20.1 Å².